The summed E-state index contributed by atoms with van der Waals surface area (Å²) in [5, 5.41) is 9.23. The van der Waals surface area contributed by atoms with Gasteiger partial charge in [-0.2, -0.15) is 0 Å². The lowest BCUT2D eigenvalue weighted by molar-refractivity contribution is 0.0619. The minimum absolute atomic E-state index is 0.0205. The van der Waals surface area contributed by atoms with Gasteiger partial charge in [0, 0.05) is 0 Å². The Morgan fingerprint density at radius 1 is 1.43 bits per heavy atom. The van der Waals surface area contributed by atoms with Gasteiger partial charge in [0.1, 0.15) is 17.1 Å². The molecule has 0 aliphatic carbocycles. The maximum atomic E-state index is 11.7. The Morgan fingerprint density at radius 3 is 2.86 bits per heavy atom. The van der Waals surface area contributed by atoms with Crippen molar-refractivity contribution in [3.63, 3.8) is 0 Å². The van der Waals surface area contributed by atoms with Gasteiger partial charge in [0.25, 0.3) is 0 Å². The number of aromatic hydroxyl groups is 1. The Morgan fingerprint density at radius 2 is 2.14 bits per heavy atom. The number of fused-ring (bicyclic) bond motifs is 1. The highest BCUT2D eigenvalue weighted by Gasteiger charge is 2.32. The predicted molar refractivity (Wildman–Crippen MR) is 51.8 cm³/mol. The lowest BCUT2D eigenvalue weighted by Crippen LogP contribution is -2.35. The number of carbonyl (C=O) groups is 1. The standard InChI is InChI=1S/C11H12O3/c1-11(2)6-9(13)8-5-7(12)3-4-10(8)14-11/h3-5,12H,6H2,1-2H3. The molecular weight excluding hydrogens is 180 g/mol. The molecule has 1 aromatic rings. The van der Waals surface area contributed by atoms with E-state index in [0.717, 1.165) is 0 Å². The monoisotopic (exact) mass is 192 g/mol. The smallest absolute Gasteiger partial charge is 0.170 e. The van der Waals surface area contributed by atoms with E-state index in [1.165, 1.54) is 12.1 Å². The number of benzene rings is 1. The molecule has 1 aliphatic heterocycles. The third-order valence-corrected chi connectivity index (χ3v) is 2.24. The summed E-state index contributed by atoms with van der Waals surface area (Å²) >= 11 is 0. The van der Waals surface area contributed by atoms with E-state index in [2.05, 4.69) is 0 Å². The molecule has 0 saturated carbocycles. The second kappa shape index (κ2) is 2.74. The van der Waals surface area contributed by atoms with Crippen LogP contribution in [0.1, 0.15) is 30.6 Å². The van der Waals surface area contributed by atoms with Crippen LogP contribution in [-0.2, 0) is 0 Å². The highest BCUT2D eigenvalue weighted by Crippen LogP contribution is 2.34. The highest BCUT2D eigenvalue weighted by atomic mass is 16.5. The van der Waals surface area contributed by atoms with Crippen LogP contribution in [-0.4, -0.2) is 16.5 Å². The average molecular weight is 192 g/mol. The number of hydrogen-bond acceptors (Lipinski definition) is 3. The van der Waals surface area contributed by atoms with Crippen molar-refractivity contribution in [3.8, 4) is 11.5 Å². The first-order valence-corrected chi connectivity index (χ1v) is 4.53. The van der Waals surface area contributed by atoms with Crippen molar-refractivity contribution < 1.29 is 14.6 Å². The van der Waals surface area contributed by atoms with E-state index >= 15 is 0 Å². The number of ether oxygens (including phenoxy) is 1. The highest BCUT2D eigenvalue weighted by molar-refractivity contribution is 6.00. The zero-order valence-corrected chi connectivity index (χ0v) is 8.20. The van der Waals surface area contributed by atoms with Crippen LogP contribution in [0.15, 0.2) is 18.2 Å². The summed E-state index contributed by atoms with van der Waals surface area (Å²) in [6.45, 7) is 3.75. The Bertz CT molecular complexity index is 394. The maximum absolute atomic E-state index is 11.7. The molecule has 0 spiro atoms. The first kappa shape index (κ1) is 9.06. The van der Waals surface area contributed by atoms with Crippen molar-refractivity contribution in [1.29, 1.82) is 0 Å². The van der Waals surface area contributed by atoms with E-state index in [1.54, 1.807) is 6.07 Å². The Balaban J connectivity index is 2.50. The predicted octanol–water partition coefficient (Wildman–Crippen LogP) is 2.14. The second-order valence-corrected chi connectivity index (χ2v) is 4.14. The fourth-order valence-electron chi connectivity index (χ4n) is 1.64. The molecule has 0 radical (unpaired) electrons. The van der Waals surface area contributed by atoms with Crippen LogP contribution in [0.3, 0.4) is 0 Å². The normalized spacial score (nSPS) is 18.6. The summed E-state index contributed by atoms with van der Waals surface area (Å²) in [4.78, 5) is 11.7. The zero-order valence-electron chi connectivity index (χ0n) is 8.20. The quantitative estimate of drug-likeness (QED) is 0.685. The van der Waals surface area contributed by atoms with Crippen molar-refractivity contribution in [3.05, 3.63) is 23.8 Å². The van der Waals surface area contributed by atoms with Gasteiger partial charge >= 0.3 is 0 Å². The van der Waals surface area contributed by atoms with Gasteiger partial charge in [0.05, 0.1) is 12.0 Å². The molecular formula is C11H12O3. The van der Waals surface area contributed by atoms with Crippen molar-refractivity contribution in [2.24, 2.45) is 0 Å². The number of phenolic OH excluding ortho intramolecular Hbond substituents is 1. The molecule has 0 unspecified atom stereocenters. The largest absolute Gasteiger partial charge is 0.508 e. The van der Waals surface area contributed by atoms with Crippen LogP contribution < -0.4 is 4.74 Å². The van der Waals surface area contributed by atoms with E-state index in [4.69, 9.17) is 4.74 Å². The fourth-order valence-corrected chi connectivity index (χ4v) is 1.64. The van der Waals surface area contributed by atoms with Crippen molar-refractivity contribution in [2.45, 2.75) is 25.9 Å². The molecule has 1 heterocycles. The second-order valence-electron chi connectivity index (χ2n) is 4.14. The molecule has 3 nitrogen and oxygen atoms in total. The van der Waals surface area contributed by atoms with Crippen LogP contribution >= 0.6 is 0 Å². The molecule has 0 aromatic heterocycles. The Hall–Kier alpha value is -1.51. The van der Waals surface area contributed by atoms with Gasteiger partial charge in [-0.15, -0.1) is 0 Å². The molecule has 0 fully saturated rings. The molecule has 1 aliphatic rings. The van der Waals surface area contributed by atoms with Gasteiger partial charge in [0.15, 0.2) is 5.78 Å². The molecule has 0 bridgehead atoms. The summed E-state index contributed by atoms with van der Waals surface area (Å²) in [5.41, 5.74) is 0.0328. The number of phenols is 1. The minimum atomic E-state index is -0.443. The van der Waals surface area contributed by atoms with Crippen molar-refractivity contribution >= 4 is 5.78 Å². The molecule has 14 heavy (non-hydrogen) atoms. The summed E-state index contributed by atoms with van der Waals surface area (Å²) in [6.07, 6.45) is 0.351. The van der Waals surface area contributed by atoms with Crippen LogP contribution in [0.5, 0.6) is 11.5 Å². The van der Waals surface area contributed by atoms with Gasteiger partial charge in [-0.25, -0.2) is 0 Å². The van der Waals surface area contributed by atoms with Gasteiger partial charge in [-0.3, -0.25) is 4.79 Å². The third kappa shape index (κ3) is 1.45. The molecule has 0 amide bonds. The van der Waals surface area contributed by atoms with Gasteiger partial charge < -0.3 is 9.84 Å². The summed E-state index contributed by atoms with van der Waals surface area (Å²) < 4.78 is 5.61. The number of Topliss-reactive ketones (excluding diaryl/α,β-unsaturated/α-hetero) is 1. The van der Waals surface area contributed by atoms with Crippen LogP contribution in [0.2, 0.25) is 0 Å². The van der Waals surface area contributed by atoms with Crippen molar-refractivity contribution in [2.75, 3.05) is 0 Å². The molecule has 0 atom stereocenters. The summed E-state index contributed by atoms with van der Waals surface area (Å²) in [5.74, 6) is 0.677. The van der Waals surface area contributed by atoms with E-state index in [1.807, 2.05) is 13.8 Å². The van der Waals surface area contributed by atoms with Gasteiger partial charge in [-0.1, -0.05) is 0 Å². The van der Waals surface area contributed by atoms with Crippen molar-refractivity contribution in [1.82, 2.24) is 0 Å². The topological polar surface area (TPSA) is 46.5 Å². The number of ketones is 1. The number of rotatable bonds is 0. The van der Waals surface area contributed by atoms with Gasteiger partial charge in [-0.05, 0) is 32.0 Å². The molecule has 1 N–H and O–H groups in total. The molecule has 3 heteroatoms. The van der Waals surface area contributed by atoms with E-state index < -0.39 is 5.60 Å². The fraction of sp³-hybridized carbons (Fsp3) is 0.364. The lowest BCUT2D eigenvalue weighted by Gasteiger charge is -2.31. The molecule has 2 rings (SSSR count). The Labute approximate surface area is 82.3 Å². The minimum Gasteiger partial charge on any atom is -0.508 e. The van der Waals surface area contributed by atoms with E-state index in [0.29, 0.717) is 17.7 Å². The van der Waals surface area contributed by atoms with E-state index in [9.17, 15) is 9.90 Å². The summed E-state index contributed by atoms with van der Waals surface area (Å²) in [7, 11) is 0. The Kier molecular flexibility index (Phi) is 1.77. The average Bonchev–Trinajstić information content (AvgIpc) is 2.05. The van der Waals surface area contributed by atoms with Gasteiger partial charge in [0.2, 0.25) is 0 Å². The number of hydrogen-bond donors (Lipinski definition) is 1. The van der Waals surface area contributed by atoms with E-state index in [-0.39, 0.29) is 11.5 Å². The van der Waals surface area contributed by atoms with Crippen LogP contribution in [0.25, 0.3) is 0 Å². The maximum Gasteiger partial charge on any atom is 0.170 e. The first-order valence-electron chi connectivity index (χ1n) is 4.53. The molecule has 1 aromatic carbocycles. The first-order chi connectivity index (χ1) is 6.48. The van der Waals surface area contributed by atoms with Crippen LogP contribution in [0, 0.1) is 0 Å². The molecule has 0 saturated heterocycles. The lowest BCUT2D eigenvalue weighted by atomic mass is 9.93. The summed E-state index contributed by atoms with van der Waals surface area (Å²) in [6, 6.07) is 4.60. The number of carbonyl (C=O) groups excluding carboxylic acids is 1. The third-order valence-electron chi connectivity index (χ3n) is 2.24. The zero-order chi connectivity index (χ0) is 10.3. The molecule has 74 valence electrons. The SMILES string of the molecule is CC1(C)CC(=O)c2cc(O)ccc2O1. The van der Waals surface area contributed by atoms with Crippen LogP contribution in [0.4, 0.5) is 0 Å².